The molecule has 2 N–H and O–H groups in total. The van der Waals surface area contributed by atoms with Gasteiger partial charge in [-0.2, -0.15) is 4.98 Å². The van der Waals surface area contributed by atoms with Crippen LogP contribution in [0.4, 0.5) is 0 Å². The Bertz CT molecular complexity index is 1190. The minimum Gasteiger partial charge on any atom is -0.507 e. The fourth-order valence-corrected chi connectivity index (χ4v) is 3.36. The summed E-state index contributed by atoms with van der Waals surface area (Å²) in [7, 11) is 0. The third-order valence-corrected chi connectivity index (χ3v) is 4.90. The molecule has 1 amide bonds. The number of carbonyl (C=O) groups is 1. The predicted octanol–water partition coefficient (Wildman–Crippen LogP) is 4.20. The number of hydrogen-bond donors (Lipinski definition) is 2. The molecule has 0 unspecified atom stereocenters. The molecule has 4 rings (SSSR count). The normalized spacial score (nSPS) is 10.7. The average molecular weight is 413 g/mol. The quantitative estimate of drug-likeness (QED) is 0.474. The van der Waals surface area contributed by atoms with E-state index in [0.717, 1.165) is 28.7 Å². The molecular weight excluding hydrogens is 390 g/mol. The Morgan fingerprint density at radius 1 is 0.968 bits per heavy atom. The molecule has 0 fully saturated rings. The van der Waals surface area contributed by atoms with Crippen molar-refractivity contribution in [1.82, 2.24) is 15.5 Å². The van der Waals surface area contributed by atoms with Crippen LogP contribution in [0.2, 0.25) is 0 Å². The molecule has 0 aliphatic carbocycles. The lowest BCUT2D eigenvalue weighted by atomic mass is 10.0. The number of nitrogens with zero attached hydrogens (tertiary/aromatic N) is 2. The van der Waals surface area contributed by atoms with Crippen molar-refractivity contribution in [2.75, 3.05) is 0 Å². The van der Waals surface area contributed by atoms with Gasteiger partial charge in [-0.3, -0.25) is 4.79 Å². The lowest BCUT2D eigenvalue weighted by Crippen LogP contribution is -2.25. The molecule has 0 aliphatic rings. The highest BCUT2D eigenvalue weighted by atomic mass is 16.5. The van der Waals surface area contributed by atoms with Gasteiger partial charge in [-0.15, -0.1) is 0 Å². The van der Waals surface area contributed by atoms with E-state index in [-0.39, 0.29) is 29.8 Å². The molecule has 6 heteroatoms. The smallest absolute Gasteiger partial charge is 0.261 e. The van der Waals surface area contributed by atoms with E-state index in [1.54, 1.807) is 6.07 Å². The standard InChI is InChI=1S/C25H23N3O3/c1-17-6-5-9-20(12-17)16-26-24(30)15-23-27-25(31-28-23)21-14-19(10-11-22(21)29)13-18-7-3-2-4-8-18/h2-12,14,29H,13,15-16H2,1H3,(H,26,30). The fourth-order valence-electron chi connectivity index (χ4n) is 3.36. The second-order valence-corrected chi connectivity index (χ2v) is 7.47. The van der Waals surface area contributed by atoms with E-state index < -0.39 is 0 Å². The van der Waals surface area contributed by atoms with Gasteiger partial charge in [0.15, 0.2) is 5.82 Å². The molecule has 0 saturated heterocycles. The number of benzene rings is 3. The van der Waals surface area contributed by atoms with Gasteiger partial charge >= 0.3 is 0 Å². The Kier molecular flexibility index (Phi) is 6.08. The number of phenols is 1. The number of nitrogens with one attached hydrogen (secondary N) is 1. The van der Waals surface area contributed by atoms with E-state index in [9.17, 15) is 9.90 Å². The minimum absolute atomic E-state index is 0.000215. The van der Waals surface area contributed by atoms with Gasteiger partial charge in [0.25, 0.3) is 5.89 Å². The summed E-state index contributed by atoms with van der Waals surface area (Å²) in [5, 5.41) is 17.0. The van der Waals surface area contributed by atoms with Crippen LogP contribution in [0.25, 0.3) is 11.5 Å². The molecule has 4 aromatic rings. The Labute approximate surface area is 180 Å². The summed E-state index contributed by atoms with van der Waals surface area (Å²) in [6.07, 6.45) is 0.719. The van der Waals surface area contributed by atoms with E-state index in [1.807, 2.05) is 73.7 Å². The van der Waals surface area contributed by atoms with Gasteiger partial charge in [0.2, 0.25) is 5.91 Å². The lowest BCUT2D eigenvalue weighted by Gasteiger charge is -2.05. The van der Waals surface area contributed by atoms with Crippen LogP contribution in [0.3, 0.4) is 0 Å². The van der Waals surface area contributed by atoms with Crippen molar-refractivity contribution < 1.29 is 14.4 Å². The first-order chi connectivity index (χ1) is 15.1. The summed E-state index contributed by atoms with van der Waals surface area (Å²) >= 11 is 0. The first-order valence-corrected chi connectivity index (χ1v) is 10.1. The summed E-state index contributed by atoms with van der Waals surface area (Å²) < 4.78 is 5.32. The van der Waals surface area contributed by atoms with E-state index in [0.29, 0.717) is 12.1 Å². The van der Waals surface area contributed by atoms with Crippen LogP contribution < -0.4 is 5.32 Å². The zero-order valence-corrected chi connectivity index (χ0v) is 17.2. The van der Waals surface area contributed by atoms with E-state index in [2.05, 4.69) is 15.5 Å². The summed E-state index contributed by atoms with van der Waals surface area (Å²) in [5.74, 6) is 0.310. The maximum Gasteiger partial charge on any atom is 0.261 e. The Morgan fingerprint density at radius 3 is 2.58 bits per heavy atom. The predicted molar refractivity (Wildman–Crippen MR) is 117 cm³/mol. The molecule has 6 nitrogen and oxygen atoms in total. The van der Waals surface area contributed by atoms with Crippen molar-refractivity contribution >= 4 is 5.91 Å². The third-order valence-electron chi connectivity index (χ3n) is 4.90. The zero-order valence-electron chi connectivity index (χ0n) is 17.2. The van der Waals surface area contributed by atoms with Gasteiger partial charge in [0.05, 0.1) is 12.0 Å². The molecule has 3 aromatic carbocycles. The van der Waals surface area contributed by atoms with Crippen LogP contribution >= 0.6 is 0 Å². The maximum atomic E-state index is 12.3. The Hall–Kier alpha value is -3.93. The van der Waals surface area contributed by atoms with Crippen LogP contribution in [-0.2, 0) is 24.2 Å². The number of rotatable bonds is 7. The number of hydrogen-bond acceptors (Lipinski definition) is 5. The first kappa shape index (κ1) is 20.3. The van der Waals surface area contributed by atoms with Gasteiger partial charge in [-0.05, 0) is 42.2 Å². The largest absolute Gasteiger partial charge is 0.507 e. The summed E-state index contributed by atoms with van der Waals surface area (Å²) in [6, 6.07) is 23.3. The second kappa shape index (κ2) is 9.26. The van der Waals surface area contributed by atoms with Gasteiger partial charge in [-0.1, -0.05) is 71.4 Å². The van der Waals surface area contributed by atoms with Crippen molar-refractivity contribution in [2.45, 2.75) is 26.3 Å². The SMILES string of the molecule is Cc1cccc(CNC(=O)Cc2noc(-c3cc(Cc4ccccc4)ccc3O)n2)c1. The Morgan fingerprint density at radius 2 is 1.77 bits per heavy atom. The number of aromatic nitrogens is 2. The number of aromatic hydroxyl groups is 1. The van der Waals surface area contributed by atoms with Crippen molar-refractivity contribution in [3.8, 4) is 17.2 Å². The maximum absolute atomic E-state index is 12.3. The molecule has 0 aliphatic heterocycles. The van der Waals surface area contributed by atoms with Crippen molar-refractivity contribution in [3.05, 3.63) is 101 Å². The van der Waals surface area contributed by atoms with E-state index in [4.69, 9.17) is 4.52 Å². The van der Waals surface area contributed by atoms with E-state index in [1.165, 1.54) is 0 Å². The first-order valence-electron chi connectivity index (χ1n) is 10.1. The molecule has 0 bridgehead atoms. The van der Waals surface area contributed by atoms with Gasteiger partial charge in [0.1, 0.15) is 5.75 Å². The topological polar surface area (TPSA) is 88.2 Å². The summed E-state index contributed by atoms with van der Waals surface area (Å²) in [4.78, 5) is 16.6. The van der Waals surface area contributed by atoms with Gasteiger partial charge in [-0.25, -0.2) is 0 Å². The number of carbonyl (C=O) groups excluding carboxylic acids is 1. The fraction of sp³-hybridized carbons (Fsp3) is 0.160. The molecule has 0 saturated carbocycles. The summed E-state index contributed by atoms with van der Waals surface area (Å²) in [5.41, 5.74) is 4.80. The van der Waals surface area contributed by atoms with Gasteiger partial charge in [0, 0.05) is 6.54 Å². The number of amides is 1. The number of phenolic OH excluding ortho intramolecular Hbond substituents is 1. The molecule has 31 heavy (non-hydrogen) atoms. The van der Waals surface area contributed by atoms with Crippen LogP contribution in [0.5, 0.6) is 5.75 Å². The Balaban J connectivity index is 1.42. The van der Waals surface area contributed by atoms with Crippen LogP contribution in [-0.4, -0.2) is 21.2 Å². The molecular formula is C25H23N3O3. The second-order valence-electron chi connectivity index (χ2n) is 7.47. The van der Waals surface area contributed by atoms with Crippen molar-refractivity contribution in [3.63, 3.8) is 0 Å². The lowest BCUT2D eigenvalue weighted by molar-refractivity contribution is -0.120. The van der Waals surface area contributed by atoms with E-state index >= 15 is 0 Å². The third kappa shape index (κ3) is 5.36. The average Bonchev–Trinajstić information content (AvgIpc) is 3.22. The number of aryl methyl sites for hydroxylation is 1. The van der Waals surface area contributed by atoms with Crippen molar-refractivity contribution in [1.29, 1.82) is 0 Å². The highest BCUT2D eigenvalue weighted by molar-refractivity contribution is 5.77. The molecule has 0 radical (unpaired) electrons. The molecule has 0 atom stereocenters. The van der Waals surface area contributed by atoms with Crippen molar-refractivity contribution in [2.24, 2.45) is 0 Å². The molecule has 1 aromatic heterocycles. The monoisotopic (exact) mass is 413 g/mol. The highest BCUT2D eigenvalue weighted by Crippen LogP contribution is 2.29. The molecule has 1 heterocycles. The zero-order chi connectivity index (χ0) is 21.6. The highest BCUT2D eigenvalue weighted by Gasteiger charge is 2.16. The minimum atomic E-state index is -0.198. The molecule has 0 spiro atoms. The van der Waals surface area contributed by atoms with Crippen LogP contribution in [0.15, 0.2) is 77.3 Å². The van der Waals surface area contributed by atoms with Crippen LogP contribution in [0, 0.1) is 6.92 Å². The molecule has 156 valence electrons. The summed E-state index contributed by atoms with van der Waals surface area (Å²) in [6.45, 7) is 2.45. The van der Waals surface area contributed by atoms with Crippen LogP contribution in [0.1, 0.15) is 28.1 Å². The van der Waals surface area contributed by atoms with Gasteiger partial charge < -0.3 is 14.9 Å².